The fraction of sp³-hybridized carbons (Fsp3) is 0. The smallest absolute Gasteiger partial charge is 0.354 e. The molecular formula is C12H4BrNO2S. The Morgan fingerprint density at radius 1 is 1.35 bits per heavy atom. The molecule has 3 rings (SSSR count). The summed E-state index contributed by atoms with van der Waals surface area (Å²) in [7, 11) is 0. The Bertz CT molecular complexity index is 841. The van der Waals surface area contributed by atoms with Gasteiger partial charge in [0, 0.05) is 15.5 Å². The molecule has 0 saturated heterocycles. The second-order valence-electron chi connectivity index (χ2n) is 3.51. The highest BCUT2D eigenvalue weighted by Gasteiger charge is 2.09. The SMILES string of the molecule is N#Cc1cc2ccc3sc(Br)cc3c2oc1=O. The lowest BCUT2D eigenvalue weighted by atomic mass is 10.1. The van der Waals surface area contributed by atoms with E-state index in [1.165, 1.54) is 0 Å². The maximum atomic E-state index is 11.5. The van der Waals surface area contributed by atoms with Crippen molar-refractivity contribution in [1.29, 1.82) is 5.26 Å². The van der Waals surface area contributed by atoms with Gasteiger partial charge in [-0.3, -0.25) is 0 Å². The monoisotopic (exact) mass is 305 g/mol. The number of benzene rings is 1. The van der Waals surface area contributed by atoms with E-state index < -0.39 is 5.63 Å². The van der Waals surface area contributed by atoms with Crippen LogP contribution in [0.25, 0.3) is 21.1 Å². The van der Waals surface area contributed by atoms with Crippen LogP contribution in [0.15, 0.2) is 37.3 Å². The molecule has 17 heavy (non-hydrogen) atoms. The van der Waals surface area contributed by atoms with Gasteiger partial charge in [-0.15, -0.1) is 11.3 Å². The van der Waals surface area contributed by atoms with Crippen molar-refractivity contribution in [3.05, 3.63) is 44.0 Å². The van der Waals surface area contributed by atoms with Gasteiger partial charge in [-0.1, -0.05) is 0 Å². The third-order valence-corrected chi connectivity index (χ3v) is 4.09. The number of nitriles is 1. The molecule has 0 bridgehead atoms. The molecule has 0 N–H and O–H groups in total. The summed E-state index contributed by atoms with van der Waals surface area (Å²) in [4.78, 5) is 11.5. The minimum absolute atomic E-state index is 0.0335. The zero-order valence-electron chi connectivity index (χ0n) is 8.36. The van der Waals surface area contributed by atoms with Gasteiger partial charge in [0.2, 0.25) is 0 Å². The van der Waals surface area contributed by atoms with Crippen molar-refractivity contribution in [3.63, 3.8) is 0 Å². The lowest BCUT2D eigenvalue weighted by Gasteiger charge is -1.97. The van der Waals surface area contributed by atoms with E-state index in [1.807, 2.05) is 24.3 Å². The molecule has 5 heteroatoms. The van der Waals surface area contributed by atoms with Crippen molar-refractivity contribution in [2.24, 2.45) is 0 Å². The number of hydrogen-bond acceptors (Lipinski definition) is 4. The Morgan fingerprint density at radius 3 is 2.94 bits per heavy atom. The van der Waals surface area contributed by atoms with Crippen molar-refractivity contribution in [2.75, 3.05) is 0 Å². The van der Waals surface area contributed by atoms with Gasteiger partial charge in [-0.05, 0) is 40.2 Å². The molecule has 3 nitrogen and oxygen atoms in total. The molecular weight excluding hydrogens is 302 g/mol. The van der Waals surface area contributed by atoms with Gasteiger partial charge >= 0.3 is 5.63 Å². The predicted molar refractivity (Wildman–Crippen MR) is 70.3 cm³/mol. The van der Waals surface area contributed by atoms with Crippen LogP contribution in [0.5, 0.6) is 0 Å². The first-order valence-corrected chi connectivity index (χ1v) is 6.36. The van der Waals surface area contributed by atoms with Crippen LogP contribution in [0.1, 0.15) is 5.56 Å². The van der Waals surface area contributed by atoms with Gasteiger partial charge in [0.25, 0.3) is 0 Å². The van der Waals surface area contributed by atoms with Gasteiger partial charge in [0.1, 0.15) is 17.2 Å². The molecule has 0 spiro atoms. The third kappa shape index (κ3) is 1.57. The molecule has 2 aromatic heterocycles. The minimum atomic E-state index is -0.588. The van der Waals surface area contributed by atoms with Crippen LogP contribution in [0.2, 0.25) is 0 Å². The molecule has 2 heterocycles. The zero-order valence-corrected chi connectivity index (χ0v) is 10.8. The zero-order chi connectivity index (χ0) is 12.0. The molecule has 3 aromatic rings. The van der Waals surface area contributed by atoms with E-state index in [2.05, 4.69) is 15.9 Å². The normalized spacial score (nSPS) is 10.8. The number of hydrogen-bond donors (Lipinski definition) is 0. The van der Waals surface area contributed by atoms with E-state index in [9.17, 15) is 4.79 Å². The molecule has 0 amide bonds. The van der Waals surface area contributed by atoms with Gasteiger partial charge in [-0.25, -0.2) is 4.79 Å². The summed E-state index contributed by atoms with van der Waals surface area (Å²) in [5, 5.41) is 10.4. The molecule has 82 valence electrons. The fourth-order valence-corrected chi connectivity index (χ4v) is 3.28. The Labute approximate surface area is 108 Å². The van der Waals surface area contributed by atoms with Gasteiger partial charge in [-0.2, -0.15) is 5.26 Å². The first kappa shape index (κ1) is 10.5. The van der Waals surface area contributed by atoms with E-state index in [-0.39, 0.29) is 5.56 Å². The highest BCUT2D eigenvalue weighted by Crippen LogP contribution is 2.34. The van der Waals surface area contributed by atoms with E-state index >= 15 is 0 Å². The average Bonchev–Trinajstić information content (AvgIpc) is 2.69. The van der Waals surface area contributed by atoms with Gasteiger partial charge < -0.3 is 4.42 Å². The van der Waals surface area contributed by atoms with Crippen LogP contribution in [0.4, 0.5) is 0 Å². The van der Waals surface area contributed by atoms with E-state index in [1.54, 1.807) is 17.4 Å². The quantitative estimate of drug-likeness (QED) is 0.596. The van der Waals surface area contributed by atoms with E-state index in [0.717, 1.165) is 19.3 Å². The number of thiophene rings is 1. The molecule has 1 aromatic carbocycles. The minimum Gasteiger partial charge on any atom is -0.421 e. The predicted octanol–water partition coefficient (Wildman–Crippen LogP) is 3.64. The van der Waals surface area contributed by atoms with Crippen molar-refractivity contribution >= 4 is 48.3 Å². The molecule has 0 aliphatic carbocycles. The summed E-state index contributed by atoms with van der Waals surface area (Å²) in [6.45, 7) is 0. The Kier molecular flexibility index (Phi) is 2.28. The van der Waals surface area contributed by atoms with Crippen molar-refractivity contribution < 1.29 is 4.42 Å². The third-order valence-electron chi connectivity index (χ3n) is 2.49. The number of rotatable bonds is 0. The lowest BCUT2D eigenvalue weighted by Crippen LogP contribution is -2.02. The number of fused-ring (bicyclic) bond motifs is 3. The first-order valence-electron chi connectivity index (χ1n) is 4.75. The molecule has 0 aliphatic rings. The second-order valence-corrected chi connectivity index (χ2v) is 5.97. The van der Waals surface area contributed by atoms with E-state index in [0.29, 0.717) is 5.58 Å². The summed E-state index contributed by atoms with van der Waals surface area (Å²) in [5.74, 6) is 0. The van der Waals surface area contributed by atoms with Crippen molar-refractivity contribution in [1.82, 2.24) is 0 Å². The summed E-state index contributed by atoms with van der Waals surface area (Å²) in [6, 6.07) is 9.11. The summed E-state index contributed by atoms with van der Waals surface area (Å²) in [5.41, 5.74) is -0.0191. The molecule has 0 fully saturated rings. The molecule has 0 radical (unpaired) electrons. The van der Waals surface area contributed by atoms with Crippen molar-refractivity contribution in [2.45, 2.75) is 0 Å². The molecule has 0 unspecified atom stereocenters. The van der Waals surface area contributed by atoms with Crippen LogP contribution >= 0.6 is 27.3 Å². The second kappa shape index (κ2) is 3.69. The highest BCUT2D eigenvalue weighted by atomic mass is 79.9. The number of halogens is 1. The molecule has 0 aliphatic heterocycles. The summed E-state index contributed by atoms with van der Waals surface area (Å²) in [6.07, 6.45) is 0. The van der Waals surface area contributed by atoms with Crippen molar-refractivity contribution in [3.8, 4) is 6.07 Å². The van der Waals surface area contributed by atoms with E-state index in [4.69, 9.17) is 9.68 Å². The molecule has 0 atom stereocenters. The molecule has 0 saturated carbocycles. The summed E-state index contributed by atoms with van der Waals surface area (Å²) >= 11 is 4.98. The maximum absolute atomic E-state index is 11.5. The van der Waals surface area contributed by atoms with Crippen LogP contribution < -0.4 is 5.63 Å². The van der Waals surface area contributed by atoms with Crippen LogP contribution in [0, 0.1) is 11.3 Å². The van der Waals surface area contributed by atoms with Crippen LogP contribution in [0.3, 0.4) is 0 Å². The fourth-order valence-electron chi connectivity index (χ4n) is 1.74. The van der Waals surface area contributed by atoms with Crippen LogP contribution in [-0.4, -0.2) is 0 Å². The van der Waals surface area contributed by atoms with Crippen LogP contribution in [-0.2, 0) is 0 Å². The largest absolute Gasteiger partial charge is 0.421 e. The topological polar surface area (TPSA) is 54.0 Å². The first-order chi connectivity index (χ1) is 8.19. The number of nitrogens with zero attached hydrogens (tertiary/aromatic N) is 1. The lowest BCUT2D eigenvalue weighted by molar-refractivity contribution is 0.561. The Hall–Kier alpha value is -1.64. The maximum Gasteiger partial charge on any atom is 0.354 e. The van der Waals surface area contributed by atoms with Gasteiger partial charge in [0.15, 0.2) is 0 Å². The highest BCUT2D eigenvalue weighted by molar-refractivity contribution is 9.11. The van der Waals surface area contributed by atoms with Gasteiger partial charge in [0.05, 0.1) is 3.79 Å². The standard InChI is InChI=1S/C12H4BrNO2S/c13-10-4-8-9(17-10)2-1-6-3-7(5-14)12(15)16-11(6)8/h1-4H. The Morgan fingerprint density at radius 2 is 2.18 bits per heavy atom. The summed E-state index contributed by atoms with van der Waals surface area (Å²) < 4.78 is 7.24. The Balaban J connectivity index is 2.55. The average molecular weight is 306 g/mol.